The standard InChI is InChI=1S/C16H17N3O3/c20-15(18-14-7-1-2-8-17-14)12-5-3-9-19(11-12)16(21)13-6-4-10-22-13/h1-2,4,6-8,10,12H,3,5,9,11H2,(H,17,18,20). The van der Waals surface area contributed by atoms with Crippen LogP contribution in [0.1, 0.15) is 23.4 Å². The van der Waals surface area contributed by atoms with Gasteiger partial charge in [0.05, 0.1) is 12.2 Å². The van der Waals surface area contributed by atoms with Crippen molar-refractivity contribution in [1.29, 1.82) is 0 Å². The molecule has 0 aliphatic carbocycles. The summed E-state index contributed by atoms with van der Waals surface area (Å²) in [5, 5.41) is 2.79. The maximum absolute atomic E-state index is 12.3. The lowest BCUT2D eigenvalue weighted by atomic mass is 9.97. The molecule has 3 rings (SSSR count). The van der Waals surface area contributed by atoms with E-state index in [4.69, 9.17) is 4.42 Å². The number of pyridine rings is 1. The molecule has 0 spiro atoms. The van der Waals surface area contributed by atoms with Crippen LogP contribution in [0.4, 0.5) is 5.82 Å². The van der Waals surface area contributed by atoms with Crippen LogP contribution in [0, 0.1) is 5.92 Å². The highest BCUT2D eigenvalue weighted by Gasteiger charge is 2.29. The molecule has 3 heterocycles. The van der Waals surface area contributed by atoms with E-state index >= 15 is 0 Å². The molecule has 1 aliphatic heterocycles. The van der Waals surface area contributed by atoms with Crippen LogP contribution in [0.3, 0.4) is 0 Å². The highest BCUT2D eigenvalue weighted by atomic mass is 16.3. The summed E-state index contributed by atoms with van der Waals surface area (Å²) in [5.74, 6) is 0.346. The van der Waals surface area contributed by atoms with Crippen LogP contribution in [-0.2, 0) is 4.79 Å². The summed E-state index contributed by atoms with van der Waals surface area (Å²) in [6.07, 6.45) is 4.67. The Kier molecular flexibility index (Phi) is 4.18. The topological polar surface area (TPSA) is 75.4 Å². The first-order chi connectivity index (χ1) is 10.7. The second-order valence-corrected chi connectivity index (χ2v) is 5.27. The van der Waals surface area contributed by atoms with Gasteiger partial charge in [0, 0.05) is 19.3 Å². The van der Waals surface area contributed by atoms with E-state index in [1.807, 2.05) is 6.07 Å². The molecule has 1 fully saturated rings. The number of piperidine rings is 1. The Bertz CT molecular complexity index is 640. The first-order valence-corrected chi connectivity index (χ1v) is 7.29. The van der Waals surface area contributed by atoms with Crippen LogP contribution in [-0.4, -0.2) is 34.8 Å². The molecule has 1 saturated heterocycles. The van der Waals surface area contributed by atoms with Gasteiger partial charge in [0.1, 0.15) is 5.82 Å². The Morgan fingerprint density at radius 2 is 2.18 bits per heavy atom. The quantitative estimate of drug-likeness (QED) is 0.942. The first kappa shape index (κ1) is 14.3. The van der Waals surface area contributed by atoms with E-state index in [0.29, 0.717) is 24.7 Å². The summed E-state index contributed by atoms with van der Waals surface area (Å²) in [4.78, 5) is 30.3. The van der Waals surface area contributed by atoms with Crippen molar-refractivity contribution < 1.29 is 14.0 Å². The molecule has 0 aromatic carbocycles. The summed E-state index contributed by atoms with van der Waals surface area (Å²) in [6.45, 7) is 1.05. The highest BCUT2D eigenvalue weighted by molar-refractivity contribution is 5.94. The van der Waals surface area contributed by atoms with Gasteiger partial charge in [-0.3, -0.25) is 9.59 Å². The van der Waals surface area contributed by atoms with Crippen molar-refractivity contribution in [2.24, 2.45) is 5.92 Å². The number of hydrogen-bond acceptors (Lipinski definition) is 4. The maximum atomic E-state index is 12.3. The number of furan rings is 1. The minimum Gasteiger partial charge on any atom is -0.459 e. The second-order valence-electron chi connectivity index (χ2n) is 5.27. The summed E-state index contributed by atoms with van der Waals surface area (Å²) in [7, 11) is 0. The Labute approximate surface area is 128 Å². The zero-order chi connectivity index (χ0) is 15.4. The molecule has 6 nitrogen and oxygen atoms in total. The number of carbonyl (C=O) groups is 2. The predicted molar refractivity (Wildman–Crippen MR) is 80.2 cm³/mol. The van der Waals surface area contributed by atoms with Gasteiger partial charge in [-0.05, 0) is 37.1 Å². The average molecular weight is 299 g/mol. The lowest BCUT2D eigenvalue weighted by molar-refractivity contribution is -0.121. The molecule has 1 unspecified atom stereocenters. The molecule has 0 saturated carbocycles. The van der Waals surface area contributed by atoms with Crippen molar-refractivity contribution in [2.45, 2.75) is 12.8 Å². The monoisotopic (exact) mass is 299 g/mol. The van der Waals surface area contributed by atoms with Crippen molar-refractivity contribution in [2.75, 3.05) is 18.4 Å². The minimum atomic E-state index is -0.227. The summed E-state index contributed by atoms with van der Waals surface area (Å²) in [5.41, 5.74) is 0. The SMILES string of the molecule is O=C(Nc1ccccn1)C1CCCN(C(=O)c2ccco2)C1. The molecule has 2 amide bonds. The van der Waals surface area contributed by atoms with Crippen molar-refractivity contribution in [3.63, 3.8) is 0 Å². The van der Waals surface area contributed by atoms with E-state index in [1.165, 1.54) is 6.26 Å². The van der Waals surface area contributed by atoms with Gasteiger partial charge in [-0.15, -0.1) is 0 Å². The lowest BCUT2D eigenvalue weighted by Crippen LogP contribution is -2.43. The molecule has 2 aromatic rings. The van der Waals surface area contributed by atoms with E-state index in [0.717, 1.165) is 12.8 Å². The minimum absolute atomic E-state index is 0.101. The van der Waals surface area contributed by atoms with Crippen molar-refractivity contribution in [3.05, 3.63) is 48.6 Å². The van der Waals surface area contributed by atoms with E-state index < -0.39 is 0 Å². The van der Waals surface area contributed by atoms with Gasteiger partial charge in [0.15, 0.2) is 5.76 Å². The molecule has 114 valence electrons. The number of rotatable bonds is 3. The number of nitrogens with zero attached hydrogens (tertiary/aromatic N) is 2. The van der Waals surface area contributed by atoms with E-state index in [9.17, 15) is 9.59 Å². The number of likely N-dealkylation sites (tertiary alicyclic amines) is 1. The van der Waals surface area contributed by atoms with Gasteiger partial charge in [0.25, 0.3) is 5.91 Å². The third-order valence-corrected chi connectivity index (χ3v) is 3.73. The van der Waals surface area contributed by atoms with E-state index in [-0.39, 0.29) is 17.7 Å². The predicted octanol–water partition coefficient (Wildman–Crippen LogP) is 2.17. The van der Waals surface area contributed by atoms with Gasteiger partial charge >= 0.3 is 0 Å². The van der Waals surface area contributed by atoms with E-state index in [1.54, 1.807) is 35.4 Å². The summed E-state index contributed by atoms with van der Waals surface area (Å²) in [6, 6.07) is 8.67. The van der Waals surface area contributed by atoms with Crippen LogP contribution in [0.25, 0.3) is 0 Å². The van der Waals surface area contributed by atoms with Gasteiger partial charge in [-0.25, -0.2) is 4.98 Å². The Morgan fingerprint density at radius 3 is 2.91 bits per heavy atom. The van der Waals surface area contributed by atoms with Crippen LogP contribution in [0.5, 0.6) is 0 Å². The molecular weight excluding hydrogens is 282 g/mol. The third kappa shape index (κ3) is 3.16. The largest absolute Gasteiger partial charge is 0.459 e. The Balaban J connectivity index is 1.63. The molecular formula is C16H17N3O3. The first-order valence-electron chi connectivity index (χ1n) is 7.29. The molecule has 1 N–H and O–H groups in total. The van der Waals surface area contributed by atoms with Crippen molar-refractivity contribution in [1.82, 2.24) is 9.88 Å². The fourth-order valence-corrected chi connectivity index (χ4v) is 2.60. The zero-order valence-electron chi connectivity index (χ0n) is 12.1. The van der Waals surface area contributed by atoms with Crippen molar-refractivity contribution in [3.8, 4) is 0 Å². The Hall–Kier alpha value is -2.63. The third-order valence-electron chi connectivity index (χ3n) is 3.73. The Morgan fingerprint density at radius 1 is 1.27 bits per heavy atom. The lowest BCUT2D eigenvalue weighted by Gasteiger charge is -2.31. The normalized spacial score (nSPS) is 18.0. The molecule has 1 atom stereocenters. The number of nitrogens with one attached hydrogen (secondary N) is 1. The molecule has 6 heteroatoms. The number of amides is 2. The fraction of sp³-hybridized carbons (Fsp3) is 0.312. The van der Waals surface area contributed by atoms with Crippen molar-refractivity contribution >= 4 is 17.6 Å². The molecule has 22 heavy (non-hydrogen) atoms. The smallest absolute Gasteiger partial charge is 0.289 e. The van der Waals surface area contributed by atoms with E-state index in [2.05, 4.69) is 10.3 Å². The zero-order valence-corrected chi connectivity index (χ0v) is 12.1. The van der Waals surface area contributed by atoms with Gasteiger partial charge in [-0.1, -0.05) is 6.07 Å². The van der Waals surface area contributed by atoms with Gasteiger partial charge in [0.2, 0.25) is 5.91 Å². The van der Waals surface area contributed by atoms with Crippen LogP contribution >= 0.6 is 0 Å². The van der Waals surface area contributed by atoms with Crippen LogP contribution < -0.4 is 5.32 Å². The fourth-order valence-electron chi connectivity index (χ4n) is 2.60. The average Bonchev–Trinajstić information content (AvgIpc) is 3.09. The number of anilines is 1. The van der Waals surface area contributed by atoms with Crippen LogP contribution in [0.15, 0.2) is 47.2 Å². The number of hydrogen-bond donors (Lipinski definition) is 1. The number of aromatic nitrogens is 1. The van der Waals surface area contributed by atoms with Crippen LogP contribution in [0.2, 0.25) is 0 Å². The van der Waals surface area contributed by atoms with Gasteiger partial charge in [-0.2, -0.15) is 0 Å². The maximum Gasteiger partial charge on any atom is 0.289 e. The molecule has 1 aliphatic rings. The summed E-state index contributed by atoms with van der Waals surface area (Å²) < 4.78 is 5.14. The molecule has 2 aromatic heterocycles. The highest BCUT2D eigenvalue weighted by Crippen LogP contribution is 2.20. The molecule has 0 radical (unpaired) electrons. The summed E-state index contributed by atoms with van der Waals surface area (Å²) >= 11 is 0. The number of carbonyl (C=O) groups excluding carboxylic acids is 2. The second kappa shape index (κ2) is 6.43. The molecule has 0 bridgehead atoms. The van der Waals surface area contributed by atoms with Gasteiger partial charge < -0.3 is 14.6 Å².